The van der Waals surface area contributed by atoms with E-state index in [1.807, 2.05) is 6.07 Å². The van der Waals surface area contributed by atoms with Crippen LogP contribution in [0.4, 0.5) is 4.39 Å². The molecule has 0 aliphatic heterocycles. The van der Waals surface area contributed by atoms with Gasteiger partial charge in [-0.15, -0.1) is 0 Å². The van der Waals surface area contributed by atoms with Crippen molar-refractivity contribution in [2.24, 2.45) is 0 Å². The Hall–Kier alpha value is -1.09. The first-order valence-electron chi connectivity index (χ1n) is 4.97. The summed E-state index contributed by atoms with van der Waals surface area (Å²) in [6.45, 7) is 0. The van der Waals surface area contributed by atoms with Gasteiger partial charge in [-0.3, -0.25) is 0 Å². The second kappa shape index (κ2) is 5.05. The topological polar surface area (TPSA) is 20.2 Å². The van der Waals surface area contributed by atoms with Crippen molar-refractivity contribution in [2.75, 3.05) is 0 Å². The van der Waals surface area contributed by atoms with Crippen LogP contribution in [0.1, 0.15) is 17.2 Å². The van der Waals surface area contributed by atoms with Crippen molar-refractivity contribution in [1.82, 2.24) is 0 Å². The summed E-state index contributed by atoms with van der Waals surface area (Å²) >= 11 is 11.5. The molecule has 2 aromatic rings. The van der Waals surface area contributed by atoms with Gasteiger partial charge in [0.15, 0.2) is 0 Å². The molecule has 0 aliphatic carbocycles. The van der Waals surface area contributed by atoms with Crippen LogP contribution in [0.25, 0.3) is 0 Å². The summed E-state index contributed by atoms with van der Waals surface area (Å²) in [6, 6.07) is 11.4. The largest absolute Gasteiger partial charge is 0.384 e. The van der Waals surface area contributed by atoms with Crippen molar-refractivity contribution in [1.29, 1.82) is 0 Å². The molecule has 1 atom stereocenters. The van der Waals surface area contributed by atoms with Crippen LogP contribution in [0.15, 0.2) is 42.5 Å². The predicted octanol–water partition coefficient (Wildman–Crippen LogP) is 4.21. The van der Waals surface area contributed by atoms with Gasteiger partial charge in [0.05, 0.1) is 5.02 Å². The molecule has 0 amide bonds. The summed E-state index contributed by atoms with van der Waals surface area (Å²) in [6.07, 6.45) is -1.08. The fraction of sp³-hybridized carbons (Fsp3) is 0.0769. The summed E-state index contributed by atoms with van der Waals surface area (Å²) in [7, 11) is 0. The smallest absolute Gasteiger partial charge is 0.148 e. The molecule has 2 aromatic carbocycles. The van der Waals surface area contributed by atoms with E-state index in [2.05, 4.69) is 0 Å². The maximum Gasteiger partial charge on any atom is 0.148 e. The minimum absolute atomic E-state index is 0.0775. The highest BCUT2D eigenvalue weighted by molar-refractivity contribution is 6.34. The number of rotatable bonds is 2. The molecule has 0 aliphatic rings. The zero-order valence-electron chi connectivity index (χ0n) is 8.70. The van der Waals surface area contributed by atoms with Gasteiger partial charge in [0.25, 0.3) is 0 Å². The monoisotopic (exact) mass is 270 g/mol. The molecular weight excluding hydrogens is 262 g/mol. The fourth-order valence-electron chi connectivity index (χ4n) is 1.59. The Kier molecular flexibility index (Phi) is 3.67. The molecule has 0 radical (unpaired) electrons. The molecule has 4 heteroatoms. The van der Waals surface area contributed by atoms with E-state index in [0.717, 1.165) is 0 Å². The molecule has 0 saturated carbocycles. The lowest BCUT2D eigenvalue weighted by atomic mass is 10.0. The van der Waals surface area contributed by atoms with Crippen LogP contribution in [-0.2, 0) is 0 Å². The molecule has 0 fully saturated rings. The Labute approximate surface area is 108 Å². The lowest BCUT2D eigenvalue weighted by molar-refractivity contribution is 0.215. The van der Waals surface area contributed by atoms with Crippen LogP contribution in [-0.4, -0.2) is 5.11 Å². The number of benzene rings is 2. The third kappa shape index (κ3) is 2.60. The lowest BCUT2D eigenvalue weighted by Gasteiger charge is -2.13. The van der Waals surface area contributed by atoms with Crippen molar-refractivity contribution in [3.05, 3.63) is 69.5 Å². The van der Waals surface area contributed by atoms with Gasteiger partial charge in [-0.25, -0.2) is 4.39 Å². The summed E-state index contributed by atoms with van der Waals surface area (Å²) in [5.41, 5.74) is 0.665. The highest BCUT2D eigenvalue weighted by Gasteiger charge is 2.17. The van der Waals surface area contributed by atoms with Gasteiger partial charge < -0.3 is 5.11 Å². The highest BCUT2D eigenvalue weighted by Crippen LogP contribution is 2.31. The van der Waals surface area contributed by atoms with E-state index < -0.39 is 11.9 Å². The van der Waals surface area contributed by atoms with Crippen LogP contribution in [0.3, 0.4) is 0 Å². The molecule has 0 saturated heterocycles. The minimum Gasteiger partial charge on any atom is -0.384 e. The molecular formula is C13H9Cl2FO. The maximum absolute atomic E-state index is 13.8. The van der Waals surface area contributed by atoms with Crippen LogP contribution in [0.5, 0.6) is 0 Å². The van der Waals surface area contributed by atoms with Gasteiger partial charge in [-0.2, -0.15) is 0 Å². The summed E-state index contributed by atoms with van der Waals surface area (Å²) in [5, 5.41) is 10.3. The number of aliphatic hydroxyl groups is 1. The molecule has 2 rings (SSSR count). The van der Waals surface area contributed by atoms with E-state index in [1.165, 1.54) is 12.1 Å². The first-order valence-corrected chi connectivity index (χ1v) is 5.72. The summed E-state index contributed by atoms with van der Waals surface area (Å²) < 4.78 is 13.8. The number of aliphatic hydroxyl groups excluding tert-OH is 1. The molecule has 88 valence electrons. The van der Waals surface area contributed by atoms with Crippen molar-refractivity contribution >= 4 is 23.2 Å². The number of halogens is 3. The van der Waals surface area contributed by atoms with Gasteiger partial charge >= 0.3 is 0 Å². The van der Waals surface area contributed by atoms with Crippen LogP contribution < -0.4 is 0 Å². The van der Waals surface area contributed by atoms with Gasteiger partial charge in [0, 0.05) is 10.6 Å². The standard InChI is InChI=1S/C13H9Cl2FO/c14-9-6-10(12(16)11(15)7-9)13(17)8-4-2-1-3-5-8/h1-7,13,17H. The molecule has 0 spiro atoms. The Balaban J connectivity index is 2.48. The fourth-order valence-corrected chi connectivity index (χ4v) is 2.10. The Morgan fingerprint density at radius 3 is 2.35 bits per heavy atom. The highest BCUT2D eigenvalue weighted by atomic mass is 35.5. The van der Waals surface area contributed by atoms with Crippen molar-refractivity contribution in [3.63, 3.8) is 0 Å². The third-order valence-electron chi connectivity index (χ3n) is 2.43. The van der Waals surface area contributed by atoms with Gasteiger partial charge in [-0.1, -0.05) is 53.5 Å². The molecule has 0 bridgehead atoms. The van der Waals surface area contributed by atoms with Crippen molar-refractivity contribution in [2.45, 2.75) is 6.10 Å². The maximum atomic E-state index is 13.8. The summed E-state index contributed by atoms with van der Waals surface area (Å²) in [5.74, 6) is -0.646. The van der Waals surface area contributed by atoms with E-state index in [4.69, 9.17) is 23.2 Å². The molecule has 0 aromatic heterocycles. The molecule has 1 nitrogen and oxygen atoms in total. The zero-order valence-corrected chi connectivity index (χ0v) is 10.2. The van der Waals surface area contributed by atoms with E-state index in [-0.39, 0.29) is 10.6 Å². The second-order valence-electron chi connectivity index (χ2n) is 3.60. The molecule has 1 N–H and O–H groups in total. The minimum atomic E-state index is -1.08. The van der Waals surface area contributed by atoms with E-state index >= 15 is 0 Å². The van der Waals surface area contributed by atoms with Crippen molar-refractivity contribution < 1.29 is 9.50 Å². The van der Waals surface area contributed by atoms with Gasteiger partial charge in [0.1, 0.15) is 11.9 Å². The summed E-state index contributed by atoms with van der Waals surface area (Å²) in [4.78, 5) is 0. The number of hydrogen-bond acceptors (Lipinski definition) is 1. The Morgan fingerprint density at radius 2 is 1.71 bits per heavy atom. The normalized spacial score (nSPS) is 12.5. The van der Waals surface area contributed by atoms with E-state index in [0.29, 0.717) is 10.6 Å². The average molecular weight is 271 g/mol. The Morgan fingerprint density at radius 1 is 1.06 bits per heavy atom. The van der Waals surface area contributed by atoms with Gasteiger partial charge in [0.2, 0.25) is 0 Å². The Bertz CT molecular complexity index is 528. The van der Waals surface area contributed by atoms with Crippen molar-refractivity contribution in [3.8, 4) is 0 Å². The van der Waals surface area contributed by atoms with Crippen LogP contribution >= 0.6 is 23.2 Å². The van der Waals surface area contributed by atoms with Crippen LogP contribution in [0.2, 0.25) is 10.0 Å². The molecule has 1 unspecified atom stereocenters. The zero-order chi connectivity index (χ0) is 12.4. The molecule has 0 heterocycles. The predicted molar refractivity (Wildman–Crippen MR) is 66.9 cm³/mol. The SMILES string of the molecule is OC(c1ccccc1)c1cc(Cl)cc(Cl)c1F. The van der Waals surface area contributed by atoms with Gasteiger partial charge in [-0.05, 0) is 17.7 Å². The first-order chi connectivity index (χ1) is 8.09. The quantitative estimate of drug-likeness (QED) is 0.811. The van der Waals surface area contributed by atoms with Crippen LogP contribution in [0, 0.1) is 5.82 Å². The number of hydrogen-bond donors (Lipinski definition) is 1. The lowest BCUT2D eigenvalue weighted by Crippen LogP contribution is -2.03. The third-order valence-corrected chi connectivity index (χ3v) is 2.92. The molecule has 17 heavy (non-hydrogen) atoms. The second-order valence-corrected chi connectivity index (χ2v) is 4.45. The first kappa shape index (κ1) is 12.4. The average Bonchev–Trinajstić information content (AvgIpc) is 2.34. The van der Waals surface area contributed by atoms with E-state index in [9.17, 15) is 9.50 Å². The van der Waals surface area contributed by atoms with E-state index in [1.54, 1.807) is 24.3 Å².